The molecule has 0 saturated heterocycles. The summed E-state index contributed by atoms with van der Waals surface area (Å²) >= 11 is 0. The molecular weight excluding hydrogens is 306 g/mol. The average Bonchev–Trinajstić information content (AvgIpc) is 3.42. The zero-order chi connectivity index (χ0) is 16.9. The van der Waals surface area contributed by atoms with Crippen molar-refractivity contribution >= 4 is 11.7 Å². The Morgan fingerprint density at radius 2 is 2.21 bits per heavy atom. The maximum Gasteiger partial charge on any atom is 0.251 e. The predicted molar refractivity (Wildman–Crippen MR) is 91.7 cm³/mol. The first-order valence-corrected chi connectivity index (χ1v) is 8.21. The number of nitrogens with one attached hydrogen (secondary N) is 3. The highest BCUT2D eigenvalue weighted by Crippen LogP contribution is 2.27. The molecule has 1 aliphatic carbocycles. The Balaban J connectivity index is 1.59. The van der Waals surface area contributed by atoms with Gasteiger partial charge < -0.3 is 15.6 Å². The molecule has 1 aliphatic rings. The summed E-state index contributed by atoms with van der Waals surface area (Å²) in [5, 5.41) is 5.88. The molecule has 1 amide bonds. The third kappa shape index (κ3) is 4.41. The summed E-state index contributed by atoms with van der Waals surface area (Å²) in [5.41, 5.74) is 1.29. The van der Waals surface area contributed by atoms with Gasteiger partial charge >= 0.3 is 0 Å². The summed E-state index contributed by atoms with van der Waals surface area (Å²) in [6.07, 6.45) is 4.75. The topological polar surface area (TPSA) is 99.8 Å². The molecule has 7 heteroatoms. The Morgan fingerprint density at radius 3 is 2.88 bits per heavy atom. The molecule has 2 aromatic heterocycles. The van der Waals surface area contributed by atoms with Crippen molar-refractivity contribution in [2.24, 2.45) is 5.92 Å². The number of pyridine rings is 1. The number of amides is 1. The molecule has 0 bridgehead atoms. The molecule has 2 heterocycles. The molecule has 0 unspecified atom stereocenters. The van der Waals surface area contributed by atoms with Crippen LogP contribution in [-0.4, -0.2) is 33.9 Å². The van der Waals surface area contributed by atoms with Crippen molar-refractivity contribution in [3.63, 3.8) is 0 Å². The summed E-state index contributed by atoms with van der Waals surface area (Å²) in [6.45, 7) is 2.91. The fraction of sp³-hybridized carbons (Fsp3) is 0.412. The molecule has 0 spiro atoms. The van der Waals surface area contributed by atoms with Crippen LogP contribution in [0.25, 0.3) is 11.4 Å². The monoisotopic (exact) mass is 327 g/mol. The van der Waals surface area contributed by atoms with E-state index in [4.69, 9.17) is 0 Å². The SMILES string of the molecule is CCc1cc(=O)[nH]c(-c2ccc(NCC(=O)NCC3CC3)nc2)n1. The minimum atomic E-state index is -0.175. The van der Waals surface area contributed by atoms with Gasteiger partial charge in [-0.3, -0.25) is 9.59 Å². The van der Waals surface area contributed by atoms with E-state index in [-0.39, 0.29) is 18.0 Å². The second-order valence-electron chi connectivity index (χ2n) is 5.97. The van der Waals surface area contributed by atoms with E-state index in [1.807, 2.05) is 13.0 Å². The molecule has 1 fully saturated rings. The largest absolute Gasteiger partial charge is 0.361 e. The van der Waals surface area contributed by atoms with E-state index in [1.54, 1.807) is 12.3 Å². The summed E-state index contributed by atoms with van der Waals surface area (Å²) in [6, 6.07) is 5.07. The summed E-state index contributed by atoms with van der Waals surface area (Å²) in [4.78, 5) is 34.7. The van der Waals surface area contributed by atoms with Gasteiger partial charge in [0.25, 0.3) is 5.56 Å². The minimum Gasteiger partial charge on any atom is -0.361 e. The second kappa shape index (κ2) is 7.25. The number of carbonyl (C=O) groups excluding carboxylic acids is 1. The molecule has 0 radical (unpaired) electrons. The molecule has 0 atom stereocenters. The average molecular weight is 327 g/mol. The van der Waals surface area contributed by atoms with E-state index >= 15 is 0 Å². The molecule has 24 heavy (non-hydrogen) atoms. The van der Waals surface area contributed by atoms with Crippen molar-refractivity contribution < 1.29 is 4.79 Å². The van der Waals surface area contributed by atoms with Crippen LogP contribution in [0.3, 0.4) is 0 Å². The van der Waals surface area contributed by atoms with Gasteiger partial charge in [0.1, 0.15) is 11.6 Å². The maximum absolute atomic E-state index is 11.7. The van der Waals surface area contributed by atoms with Crippen LogP contribution in [0.5, 0.6) is 0 Å². The first kappa shape index (κ1) is 16.2. The fourth-order valence-electron chi connectivity index (χ4n) is 2.28. The van der Waals surface area contributed by atoms with Crippen molar-refractivity contribution in [3.8, 4) is 11.4 Å². The van der Waals surface area contributed by atoms with Gasteiger partial charge in [-0.15, -0.1) is 0 Å². The number of carbonyl (C=O) groups is 1. The van der Waals surface area contributed by atoms with E-state index in [0.717, 1.165) is 17.8 Å². The molecule has 3 N–H and O–H groups in total. The normalized spacial score (nSPS) is 13.5. The third-order valence-electron chi connectivity index (χ3n) is 3.91. The Labute approximate surface area is 139 Å². The van der Waals surface area contributed by atoms with Crippen LogP contribution in [0.1, 0.15) is 25.5 Å². The number of aromatic amines is 1. The van der Waals surface area contributed by atoms with Gasteiger partial charge in [-0.05, 0) is 37.3 Å². The quantitative estimate of drug-likeness (QED) is 0.712. The Hall–Kier alpha value is -2.70. The standard InChI is InChI=1S/C17H21N5O2/c1-2-13-7-15(23)22-17(21-13)12-5-6-14(18-9-12)19-10-16(24)20-8-11-3-4-11/h5-7,9,11H,2-4,8,10H2,1H3,(H,18,19)(H,20,24)(H,21,22,23). The predicted octanol–water partition coefficient (Wildman–Crippen LogP) is 1.33. The van der Waals surface area contributed by atoms with E-state index in [2.05, 4.69) is 25.6 Å². The lowest BCUT2D eigenvalue weighted by molar-refractivity contribution is -0.119. The van der Waals surface area contributed by atoms with Gasteiger partial charge in [0.05, 0.1) is 6.54 Å². The van der Waals surface area contributed by atoms with E-state index in [0.29, 0.717) is 24.0 Å². The van der Waals surface area contributed by atoms with E-state index in [1.165, 1.54) is 18.9 Å². The Morgan fingerprint density at radius 1 is 1.38 bits per heavy atom. The number of nitrogens with zero attached hydrogens (tertiary/aromatic N) is 2. The Kier molecular flexibility index (Phi) is 4.88. The van der Waals surface area contributed by atoms with Crippen LogP contribution in [0.15, 0.2) is 29.2 Å². The number of hydrogen-bond donors (Lipinski definition) is 3. The van der Waals surface area contributed by atoms with Crippen LogP contribution < -0.4 is 16.2 Å². The molecule has 126 valence electrons. The lowest BCUT2D eigenvalue weighted by Crippen LogP contribution is -2.31. The highest BCUT2D eigenvalue weighted by molar-refractivity contribution is 5.80. The summed E-state index contributed by atoms with van der Waals surface area (Å²) in [5.74, 6) is 1.74. The fourth-order valence-corrected chi connectivity index (χ4v) is 2.28. The van der Waals surface area contributed by atoms with Gasteiger partial charge in [-0.1, -0.05) is 6.92 Å². The van der Waals surface area contributed by atoms with Crippen LogP contribution in [0, 0.1) is 5.92 Å². The first-order chi connectivity index (χ1) is 11.6. The van der Waals surface area contributed by atoms with Crippen LogP contribution in [0.4, 0.5) is 5.82 Å². The van der Waals surface area contributed by atoms with E-state index < -0.39 is 0 Å². The molecule has 1 saturated carbocycles. The second-order valence-corrected chi connectivity index (χ2v) is 5.97. The number of aromatic nitrogens is 3. The van der Waals surface area contributed by atoms with Crippen LogP contribution >= 0.6 is 0 Å². The van der Waals surface area contributed by atoms with Crippen LogP contribution in [0.2, 0.25) is 0 Å². The van der Waals surface area contributed by atoms with Crippen molar-refractivity contribution in [3.05, 3.63) is 40.4 Å². The highest BCUT2D eigenvalue weighted by atomic mass is 16.2. The minimum absolute atomic E-state index is 0.0329. The summed E-state index contributed by atoms with van der Waals surface area (Å²) < 4.78 is 0. The molecule has 7 nitrogen and oxygen atoms in total. The Bertz CT molecular complexity index is 765. The molecule has 0 aliphatic heterocycles. The van der Waals surface area contributed by atoms with Gasteiger partial charge in [-0.25, -0.2) is 9.97 Å². The van der Waals surface area contributed by atoms with Gasteiger partial charge in [-0.2, -0.15) is 0 Å². The smallest absolute Gasteiger partial charge is 0.251 e. The number of rotatable bonds is 7. The third-order valence-corrected chi connectivity index (χ3v) is 3.91. The highest BCUT2D eigenvalue weighted by Gasteiger charge is 2.21. The maximum atomic E-state index is 11.7. The zero-order valence-corrected chi connectivity index (χ0v) is 13.6. The molecule has 2 aromatic rings. The number of anilines is 1. The van der Waals surface area contributed by atoms with Crippen molar-refractivity contribution in [1.82, 2.24) is 20.3 Å². The number of H-pyrrole nitrogens is 1. The van der Waals surface area contributed by atoms with Gasteiger partial charge in [0.15, 0.2) is 0 Å². The van der Waals surface area contributed by atoms with Crippen LogP contribution in [-0.2, 0) is 11.2 Å². The van der Waals surface area contributed by atoms with Crippen molar-refractivity contribution in [1.29, 1.82) is 0 Å². The van der Waals surface area contributed by atoms with E-state index in [9.17, 15) is 9.59 Å². The zero-order valence-electron chi connectivity index (χ0n) is 13.6. The lowest BCUT2D eigenvalue weighted by atomic mass is 10.2. The number of hydrogen-bond acceptors (Lipinski definition) is 5. The molecule has 0 aromatic carbocycles. The van der Waals surface area contributed by atoms with Crippen molar-refractivity contribution in [2.75, 3.05) is 18.4 Å². The van der Waals surface area contributed by atoms with Crippen molar-refractivity contribution in [2.45, 2.75) is 26.2 Å². The molecule has 3 rings (SSSR count). The lowest BCUT2D eigenvalue weighted by Gasteiger charge is -2.07. The van der Waals surface area contributed by atoms with Gasteiger partial charge in [0, 0.05) is 30.1 Å². The summed E-state index contributed by atoms with van der Waals surface area (Å²) in [7, 11) is 0. The van der Waals surface area contributed by atoms with Gasteiger partial charge in [0.2, 0.25) is 5.91 Å². The molecular formula is C17H21N5O2. The number of aryl methyl sites for hydroxylation is 1. The first-order valence-electron chi connectivity index (χ1n) is 8.21.